The van der Waals surface area contributed by atoms with Gasteiger partial charge >= 0.3 is 0 Å². The number of fused-ring (bicyclic) bond motifs is 2. The fraction of sp³-hybridized carbons (Fsp3) is 0.364. The fourth-order valence-electron chi connectivity index (χ4n) is 2.17. The molecule has 0 aromatic heterocycles. The molecule has 0 amide bonds. The zero-order chi connectivity index (χ0) is 10.4. The van der Waals surface area contributed by atoms with Crippen LogP contribution >= 0.6 is 31.9 Å². The Morgan fingerprint density at radius 1 is 1.20 bits per heavy atom. The number of hydrogen-bond donors (Lipinski definition) is 0. The Labute approximate surface area is 106 Å². The van der Waals surface area contributed by atoms with Gasteiger partial charge in [0.1, 0.15) is 5.84 Å². The van der Waals surface area contributed by atoms with Gasteiger partial charge in [0.25, 0.3) is 0 Å². The van der Waals surface area contributed by atoms with Gasteiger partial charge in [-0.1, -0.05) is 0 Å². The zero-order valence-electron chi connectivity index (χ0n) is 8.13. The third-order valence-corrected chi connectivity index (χ3v) is 4.77. The highest BCUT2D eigenvalue weighted by atomic mass is 79.9. The summed E-state index contributed by atoms with van der Waals surface area (Å²) >= 11 is 7.05. The van der Waals surface area contributed by atoms with E-state index in [0.717, 1.165) is 34.1 Å². The molecule has 3 rings (SSSR count). The largest absolute Gasteiger partial charge is 0.356 e. The van der Waals surface area contributed by atoms with E-state index in [4.69, 9.17) is 4.99 Å². The topological polar surface area (TPSA) is 15.6 Å². The van der Waals surface area contributed by atoms with Crippen LogP contribution in [0.15, 0.2) is 26.1 Å². The van der Waals surface area contributed by atoms with Crippen molar-refractivity contribution in [3.8, 4) is 0 Å². The van der Waals surface area contributed by atoms with Gasteiger partial charge in [0.05, 0.1) is 5.69 Å². The van der Waals surface area contributed by atoms with E-state index in [1.807, 2.05) is 0 Å². The van der Waals surface area contributed by atoms with Crippen molar-refractivity contribution in [1.82, 2.24) is 4.90 Å². The molecule has 2 nitrogen and oxygen atoms in total. The first kappa shape index (κ1) is 9.85. The minimum absolute atomic E-state index is 1.01. The lowest BCUT2D eigenvalue weighted by molar-refractivity contribution is 0.443. The molecule has 0 unspecified atom stereocenters. The lowest BCUT2D eigenvalue weighted by Gasteiger charge is -2.25. The van der Waals surface area contributed by atoms with Crippen LogP contribution in [0.2, 0.25) is 0 Å². The first-order valence-electron chi connectivity index (χ1n) is 5.04. The molecule has 2 heterocycles. The second-order valence-corrected chi connectivity index (χ2v) is 5.66. The maximum Gasteiger partial charge on any atom is 0.105 e. The maximum absolute atomic E-state index is 4.70. The molecular weight excluding hydrogens is 320 g/mol. The first-order chi connectivity index (χ1) is 7.24. The molecule has 1 aromatic rings. The van der Waals surface area contributed by atoms with Crippen LogP contribution < -0.4 is 0 Å². The Kier molecular flexibility index (Phi) is 2.36. The van der Waals surface area contributed by atoms with Crippen molar-refractivity contribution < 1.29 is 0 Å². The summed E-state index contributed by atoms with van der Waals surface area (Å²) in [6.07, 6.45) is 2.38. The number of rotatable bonds is 0. The molecule has 1 fully saturated rings. The first-order valence-corrected chi connectivity index (χ1v) is 6.63. The molecule has 78 valence electrons. The van der Waals surface area contributed by atoms with Crippen LogP contribution in [0.25, 0.3) is 0 Å². The zero-order valence-corrected chi connectivity index (χ0v) is 11.3. The van der Waals surface area contributed by atoms with Gasteiger partial charge in [-0.3, -0.25) is 0 Å². The third kappa shape index (κ3) is 1.64. The molecule has 0 N–H and O–H groups in total. The van der Waals surface area contributed by atoms with E-state index in [2.05, 4.69) is 48.9 Å². The molecular formula is C11H10Br2N2. The summed E-state index contributed by atoms with van der Waals surface area (Å²) in [5.41, 5.74) is 2.44. The summed E-state index contributed by atoms with van der Waals surface area (Å²) in [7, 11) is 0. The molecule has 1 saturated heterocycles. The van der Waals surface area contributed by atoms with Crippen molar-refractivity contribution in [2.24, 2.45) is 4.99 Å². The van der Waals surface area contributed by atoms with Gasteiger partial charge in [0.2, 0.25) is 0 Å². The Hall–Kier alpha value is -0.350. The highest BCUT2D eigenvalue weighted by Gasteiger charge is 2.24. The van der Waals surface area contributed by atoms with Crippen LogP contribution in [0.1, 0.15) is 18.4 Å². The van der Waals surface area contributed by atoms with Crippen LogP contribution in [0.5, 0.6) is 0 Å². The fourth-order valence-corrected chi connectivity index (χ4v) is 2.89. The highest BCUT2D eigenvalue weighted by molar-refractivity contribution is 9.13. The predicted octanol–water partition coefficient (Wildman–Crippen LogP) is 3.85. The van der Waals surface area contributed by atoms with Gasteiger partial charge < -0.3 is 4.90 Å². The van der Waals surface area contributed by atoms with Crippen LogP contribution in [0.4, 0.5) is 5.69 Å². The minimum Gasteiger partial charge on any atom is -0.356 e. The molecule has 0 bridgehead atoms. The van der Waals surface area contributed by atoms with Crippen molar-refractivity contribution in [3.05, 3.63) is 26.6 Å². The standard InChI is InChI=1S/C11H10Br2N2/c12-8-4-7-6-15-3-1-2-11(15)14-10(7)5-9(8)13/h4-5H,1-3,6H2. The SMILES string of the molecule is Brc1cc2c(cc1Br)N=C1CCCN1C2. The van der Waals surface area contributed by atoms with E-state index in [9.17, 15) is 0 Å². The van der Waals surface area contributed by atoms with Crippen molar-refractivity contribution in [3.63, 3.8) is 0 Å². The van der Waals surface area contributed by atoms with Crippen molar-refractivity contribution in [2.45, 2.75) is 19.4 Å². The number of nitrogens with zero attached hydrogens (tertiary/aromatic N) is 2. The van der Waals surface area contributed by atoms with Crippen LogP contribution in [0, 0.1) is 0 Å². The van der Waals surface area contributed by atoms with E-state index in [1.165, 1.54) is 17.8 Å². The van der Waals surface area contributed by atoms with Gasteiger partial charge in [-0.15, -0.1) is 0 Å². The quantitative estimate of drug-likeness (QED) is 0.706. The molecule has 2 aliphatic heterocycles. The van der Waals surface area contributed by atoms with Gasteiger partial charge in [-0.25, -0.2) is 4.99 Å². The summed E-state index contributed by atoms with van der Waals surface area (Å²) in [5.74, 6) is 1.26. The molecule has 0 saturated carbocycles. The number of benzene rings is 1. The van der Waals surface area contributed by atoms with Gasteiger partial charge in [0, 0.05) is 28.5 Å². The van der Waals surface area contributed by atoms with Crippen LogP contribution in [-0.2, 0) is 6.54 Å². The van der Waals surface area contributed by atoms with Crippen LogP contribution in [0.3, 0.4) is 0 Å². The predicted molar refractivity (Wildman–Crippen MR) is 68.6 cm³/mol. The number of halogens is 2. The lowest BCUT2D eigenvalue weighted by atomic mass is 10.1. The number of amidine groups is 1. The third-order valence-electron chi connectivity index (χ3n) is 2.93. The smallest absolute Gasteiger partial charge is 0.105 e. The Bertz CT molecular complexity index is 454. The summed E-state index contributed by atoms with van der Waals surface area (Å²) in [6, 6.07) is 4.26. The van der Waals surface area contributed by atoms with Gasteiger partial charge in [0.15, 0.2) is 0 Å². The second-order valence-electron chi connectivity index (χ2n) is 3.95. The minimum atomic E-state index is 1.01. The Morgan fingerprint density at radius 2 is 2.00 bits per heavy atom. The average molecular weight is 330 g/mol. The van der Waals surface area contributed by atoms with Crippen molar-refractivity contribution in [2.75, 3.05) is 6.54 Å². The summed E-state index contributed by atoms with van der Waals surface area (Å²) in [6.45, 7) is 2.17. The van der Waals surface area contributed by atoms with E-state index >= 15 is 0 Å². The highest BCUT2D eigenvalue weighted by Crippen LogP contribution is 2.36. The maximum atomic E-state index is 4.70. The summed E-state index contributed by atoms with van der Waals surface area (Å²) in [4.78, 5) is 7.08. The molecule has 0 aliphatic carbocycles. The summed E-state index contributed by atoms with van der Waals surface area (Å²) < 4.78 is 2.19. The van der Waals surface area contributed by atoms with E-state index in [-0.39, 0.29) is 0 Å². The Morgan fingerprint density at radius 3 is 2.87 bits per heavy atom. The Balaban J connectivity index is 2.11. The number of aliphatic imine (C=N–C) groups is 1. The molecule has 15 heavy (non-hydrogen) atoms. The van der Waals surface area contributed by atoms with Gasteiger partial charge in [-0.05, 0) is 56.0 Å². The second kappa shape index (κ2) is 3.59. The molecule has 1 aromatic carbocycles. The molecule has 0 atom stereocenters. The normalized spacial score (nSPS) is 18.5. The summed E-state index contributed by atoms with van der Waals surface area (Å²) in [5, 5.41) is 0. The average Bonchev–Trinajstić information content (AvgIpc) is 2.63. The van der Waals surface area contributed by atoms with Gasteiger partial charge in [-0.2, -0.15) is 0 Å². The lowest BCUT2D eigenvalue weighted by Crippen LogP contribution is -2.26. The molecule has 4 heteroatoms. The van der Waals surface area contributed by atoms with Crippen molar-refractivity contribution in [1.29, 1.82) is 0 Å². The van der Waals surface area contributed by atoms with E-state index in [0.29, 0.717) is 0 Å². The van der Waals surface area contributed by atoms with Crippen molar-refractivity contribution >= 4 is 43.4 Å². The van der Waals surface area contributed by atoms with E-state index < -0.39 is 0 Å². The molecule has 2 aliphatic rings. The van der Waals surface area contributed by atoms with E-state index in [1.54, 1.807) is 0 Å². The molecule has 0 spiro atoms. The molecule has 0 radical (unpaired) electrons. The number of hydrogen-bond acceptors (Lipinski definition) is 2. The monoisotopic (exact) mass is 328 g/mol. The van der Waals surface area contributed by atoms with Crippen LogP contribution in [-0.4, -0.2) is 17.3 Å².